The van der Waals surface area contributed by atoms with Crippen molar-refractivity contribution < 1.29 is 41.0 Å². The summed E-state index contributed by atoms with van der Waals surface area (Å²) in [6.07, 6.45) is -11.4. The van der Waals surface area contributed by atoms with Crippen molar-refractivity contribution in [2.75, 3.05) is 13.1 Å². The lowest BCUT2D eigenvalue weighted by atomic mass is 9.85. The molecule has 2 unspecified atom stereocenters. The molecule has 2 N–H and O–H groups in total. The van der Waals surface area contributed by atoms with Crippen LogP contribution in [0.1, 0.15) is 39.4 Å². The highest BCUT2D eigenvalue weighted by molar-refractivity contribution is 6.34. The molecule has 1 aliphatic heterocycles. The number of nitrogens with one attached hydrogen (secondary N) is 1. The zero-order valence-electron chi connectivity index (χ0n) is 17.0. The Morgan fingerprint density at radius 1 is 0.912 bits per heavy atom. The van der Waals surface area contributed by atoms with Gasteiger partial charge in [-0.15, -0.1) is 0 Å². The Bertz CT molecular complexity index is 1050. The first-order chi connectivity index (χ1) is 15.6. The zero-order chi connectivity index (χ0) is 25.4. The van der Waals surface area contributed by atoms with E-state index in [1.165, 1.54) is 18.2 Å². The number of benzene rings is 2. The second-order valence-electron chi connectivity index (χ2n) is 7.70. The Morgan fingerprint density at radius 3 is 1.91 bits per heavy atom. The molecule has 5 nitrogen and oxygen atoms in total. The summed E-state index contributed by atoms with van der Waals surface area (Å²) in [5, 5.41) is 12.3. The molecule has 1 fully saturated rings. The predicted octanol–water partition coefficient (Wildman–Crippen LogP) is 6.30. The molecule has 1 saturated heterocycles. The third-order valence-corrected chi connectivity index (χ3v) is 5.80. The van der Waals surface area contributed by atoms with Crippen LogP contribution in [-0.4, -0.2) is 41.1 Å². The van der Waals surface area contributed by atoms with Crippen molar-refractivity contribution in [3.05, 3.63) is 68.7 Å². The van der Waals surface area contributed by atoms with Crippen LogP contribution in [0.2, 0.25) is 10.0 Å². The predicted molar refractivity (Wildman–Crippen MR) is 111 cm³/mol. The molecule has 0 saturated carbocycles. The maximum Gasteiger partial charge on any atom is 0.416 e. The monoisotopic (exact) mass is 528 g/mol. The van der Waals surface area contributed by atoms with Crippen LogP contribution in [0.3, 0.4) is 0 Å². The number of carboxylic acid groups (broad SMARTS) is 1. The van der Waals surface area contributed by atoms with Gasteiger partial charge < -0.3 is 15.3 Å². The van der Waals surface area contributed by atoms with Crippen LogP contribution in [0, 0.1) is 0 Å². The van der Waals surface area contributed by atoms with Gasteiger partial charge >= 0.3 is 18.4 Å². The fourth-order valence-corrected chi connectivity index (χ4v) is 4.31. The number of hydrogen-bond donors (Lipinski definition) is 2. The SMILES string of the molecule is O=C(NC1CCN(C(=O)O)CC1c1cc(Cl)cc(Cl)c1)c1cc(C(F)(F)F)cc(C(F)(F)F)c1. The molecule has 0 bridgehead atoms. The van der Waals surface area contributed by atoms with E-state index >= 15 is 0 Å². The summed E-state index contributed by atoms with van der Waals surface area (Å²) in [6, 6.07) is 4.20. The number of piperidine rings is 1. The van der Waals surface area contributed by atoms with Crippen molar-refractivity contribution in [1.29, 1.82) is 0 Å². The number of hydrogen-bond acceptors (Lipinski definition) is 2. The number of nitrogens with zero attached hydrogens (tertiary/aromatic N) is 1. The minimum absolute atomic E-state index is 0.0124. The second-order valence-corrected chi connectivity index (χ2v) is 8.57. The van der Waals surface area contributed by atoms with Gasteiger partial charge in [-0.2, -0.15) is 26.3 Å². The second kappa shape index (κ2) is 9.53. The van der Waals surface area contributed by atoms with Gasteiger partial charge in [0.25, 0.3) is 5.91 Å². The minimum atomic E-state index is -5.11. The van der Waals surface area contributed by atoms with Gasteiger partial charge in [0.05, 0.1) is 11.1 Å². The van der Waals surface area contributed by atoms with E-state index in [1.54, 1.807) is 0 Å². The first-order valence-electron chi connectivity index (χ1n) is 9.69. The summed E-state index contributed by atoms with van der Waals surface area (Å²) in [4.78, 5) is 25.3. The number of carbonyl (C=O) groups is 2. The number of carbonyl (C=O) groups excluding carboxylic acids is 1. The van der Waals surface area contributed by atoms with E-state index in [4.69, 9.17) is 23.2 Å². The number of halogens is 8. The fourth-order valence-electron chi connectivity index (χ4n) is 3.76. The lowest BCUT2D eigenvalue weighted by Gasteiger charge is -2.38. The van der Waals surface area contributed by atoms with Gasteiger partial charge in [0, 0.05) is 40.7 Å². The first-order valence-corrected chi connectivity index (χ1v) is 10.4. The lowest BCUT2D eigenvalue weighted by Crippen LogP contribution is -2.51. The van der Waals surface area contributed by atoms with Gasteiger partial charge in [-0.3, -0.25) is 4.79 Å². The molecule has 13 heteroatoms. The van der Waals surface area contributed by atoms with Gasteiger partial charge in [-0.1, -0.05) is 23.2 Å². The number of alkyl halides is 6. The van der Waals surface area contributed by atoms with Crippen LogP contribution in [-0.2, 0) is 12.4 Å². The molecule has 2 aromatic carbocycles. The number of amides is 2. The molecule has 2 atom stereocenters. The smallest absolute Gasteiger partial charge is 0.416 e. The molecular formula is C21H16Cl2F6N2O3. The Kier molecular flexibility index (Phi) is 7.28. The molecule has 184 valence electrons. The van der Waals surface area contributed by atoms with Crippen molar-refractivity contribution in [2.24, 2.45) is 0 Å². The van der Waals surface area contributed by atoms with Gasteiger partial charge in [0.1, 0.15) is 0 Å². The van der Waals surface area contributed by atoms with Gasteiger partial charge in [-0.05, 0) is 48.4 Å². The van der Waals surface area contributed by atoms with Crippen molar-refractivity contribution >= 4 is 35.2 Å². The molecule has 2 amide bonds. The number of rotatable bonds is 3. The molecule has 1 aliphatic rings. The Morgan fingerprint density at radius 2 is 1.44 bits per heavy atom. The van der Waals surface area contributed by atoms with Crippen LogP contribution in [0.25, 0.3) is 0 Å². The molecule has 1 heterocycles. The van der Waals surface area contributed by atoms with Crippen LogP contribution in [0.15, 0.2) is 36.4 Å². The average Bonchev–Trinajstić information content (AvgIpc) is 2.71. The maximum absolute atomic E-state index is 13.2. The lowest BCUT2D eigenvalue weighted by molar-refractivity contribution is -0.143. The van der Waals surface area contributed by atoms with E-state index in [9.17, 15) is 41.0 Å². The highest BCUT2D eigenvalue weighted by Gasteiger charge is 2.38. The summed E-state index contributed by atoms with van der Waals surface area (Å²) in [5.41, 5.74) is -3.61. The summed E-state index contributed by atoms with van der Waals surface area (Å²) in [6.45, 7) is -0.116. The van der Waals surface area contributed by atoms with Crippen molar-refractivity contribution in [3.8, 4) is 0 Å². The summed E-state index contributed by atoms with van der Waals surface area (Å²) in [5.74, 6) is -1.87. The number of likely N-dealkylation sites (tertiary alicyclic amines) is 1. The van der Waals surface area contributed by atoms with Gasteiger partial charge in [-0.25, -0.2) is 4.79 Å². The first kappa shape index (κ1) is 26.0. The Labute approximate surface area is 199 Å². The van der Waals surface area contributed by atoms with E-state index in [0.29, 0.717) is 17.7 Å². The van der Waals surface area contributed by atoms with Crippen molar-refractivity contribution in [2.45, 2.75) is 30.7 Å². The Hall–Kier alpha value is -2.66. The molecule has 2 aromatic rings. The third kappa shape index (κ3) is 6.06. The fraction of sp³-hybridized carbons (Fsp3) is 0.333. The largest absolute Gasteiger partial charge is 0.465 e. The molecule has 3 rings (SSSR count). The molecule has 0 radical (unpaired) electrons. The van der Waals surface area contributed by atoms with Crippen LogP contribution in [0.5, 0.6) is 0 Å². The van der Waals surface area contributed by atoms with Crippen LogP contribution < -0.4 is 5.32 Å². The Balaban J connectivity index is 1.96. The maximum atomic E-state index is 13.2. The van der Waals surface area contributed by atoms with Crippen molar-refractivity contribution in [1.82, 2.24) is 10.2 Å². The van der Waals surface area contributed by atoms with E-state index in [1.807, 2.05) is 0 Å². The highest BCUT2D eigenvalue weighted by atomic mass is 35.5. The van der Waals surface area contributed by atoms with E-state index in [0.717, 1.165) is 4.90 Å². The van der Waals surface area contributed by atoms with Crippen LogP contribution in [0.4, 0.5) is 31.1 Å². The average molecular weight is 529 g/mol. The quantitative estimate of drug-likeness (QED) is 0.459. The van der Waals surface area contributed by atoms with Crippen molar-refractivity contribution in [3.63, 3.8) is 0 Å². The molecule has 34 heavy (non-hydrogen) atoms. The van der Waals surface area contributed by atoms with Gasteiger partial charge in [0.2, 0.25) is 0 Å². The van der Waals surface area contributed by atoms with Gasteiger partial charge in [0.15, 0.2) is 0 Å². The van der Waals surface area contributed by atoms with Crippen LogP contribution >= 0.6 is 23.2 Å². The zero-order valence-corrected chi connectivity index (χ0v) is 18.5. The molecular weight excluding hydrogens is 513 g/mol. The van der Waals surface area contributed by atoms with E-state index < -0.39 is 53.0 Å². The minimum Gasteiger partial charge on any atom is -0.465 e. The van der Waals surface area contributed by atoms with E-state index in [-0.39, 0.29) is 35.6 Å². The standard InChI is InChI=1S/C21H16Cl2F6N2O3/c22-14-5-10(6-15(23)8-14)16-9-31(19(33)34)2-1-17(16)30-18(32)11-3-12(20(24,25)26)7-13(4-11)21(27,28)29/h3-8,16-17H,1-2,9H2,(H,30,32)(H,33,34). The summed E-state index contributed by atoms with van der Waals surface area (Å²) >= 11 is 12.0. The summed E-state index contributed by atoms with van der Waals surface area (Å²) in [7, 11) is 0. The summed E-state index contributed by atoms with van der Waals surface area (Å²) < 4.78 is 78.9. The molecule has 0 spiro atoms. The van der Waals surface area contributed by atoms with E-state index in [2.05, 4.69) is 5.32 Å². The highest BCUT2D eigenvalue weighted by Crippen LogP contribution is 2.37. The topological polar surface area (TPSA) is 69.6 Å². The normalized spacial score (nSPS) is 19.1. The third-order valence-electron chi connectivity index (χ3n) is 5.36. The molecule has 0 aliphatic carbocycles. The molecule has 0 aromatic heterocycles.